The van der Waals surface area contributed by atoms with Crippen LogP contribution in [0.1, 0.15) is 25.8 Å². The molecule has 0 aromatic heterocycles. The third kappa shape index (κ3) is 3.63. The Kier molecular flexibility index (Phi) is 6.26. The van der Waals surface area contributed by atoms with Crippen LogP contribution in [-0.4, -0.2) is 18.7 Å². The molecule has 0 aliphatic heterocycles. The number of rotatable bonds is 6. The molecule has 0 N–H and O–H groups in total. The molecule has 22 heavy (non-hydrogen) atoms. The topological polar surface area (TPSA) is 35.5 Å². The maximum absolute atomic E-state index is 12.0. The fourth-order valence-electron chi connectivity index (χ4n) is 2.31. The van der Waals surface area contributed by atoms with Gasteiger partial charge in [0.25, 0.3) is 0 Å². The van der Waals surface area contributed by atoms with Gasteiger partial charge in [-0.1, -0.05) is 57.0 Å². The van der Waals surface area contributed by atoms with Crippen LogP contribution >= 0.6 is 31.9 Å². The van der Waals surface area contributed by atoms with E-state index >= 15 is 0 Å². The highest BCUT2D eigenvalue weighted by molar-refractivity contribution is 9.10. The summed E-state index contributed by atoms with van der Waals surface area (Å²) >= 11 is 7.08. The van der Waals surface area contributed by atoms with E-state index in [1.54, 1.807) is 6.92 Å². The Morgan fingerprint density at radius 2 is 2.00 bits per heavy atom. The number of benzene rings is 2. The Bertz CT molecular complexity index is 670. The molecule has 3 nitrogen and oxygen atoms in total. The zero-order chi connectivity index (χ0) is 16.1. The second kappa shape index (κ2) is 7.97. The zero-order valence-corrected chi connectivity index (χ0v) is 15.7. The highest BCUT2D eigenvalue weighted by Gasteiger charge is 2.21. The van der Waals surface area contributed by atoms with E-state index in [0.29, 0.717) is 24.1 Å². The molecule has 1 atom stereocenters. The number of fused-ring (bicyclic) bond motifs is 1. The van der Waals surface area contributed by atoms with E-state index in [2.05, 4.69) is 31.9 Å². The Hall–Kier alpha value is -1.07. The van der Waals surface area contributed by atoms with Crippen LogP contribution in [0.15, 0.2) is 34.8 Å². The number of hydrogen-bond acceptors (Lipinski definition) is 3. The van der Waals surface area contributed by atoms with Crippen molar-refractivity contribution >= 4 is 48.6 Å². The molecule has 2 aromatic carbocycles. The van der Waals surface area contributed by atoms with E-state index in [1.807, 2.05) is 37.3 Å². The lowest BCUT2D eigenvalue weighted by Gasteiger charge is -2.19. The highest BCUT2D eigenvalue weighted by Crippen LogP contribution is 2.35. The fourth-order valence-corrected chi connectivity index (χ4v) is 3.24. The van der Waals surface area contributed by atoms with Gasteiger partial charge < -0.3 is 9.47 Å². The molecular formula is C17H18Br2O3. The van der Waals surface area contributed by atoms with Crippen molar-refractivity contribution in [2.75, 3.05) is 6.61 Å². The molecule has 1 unspecified atom stereocenters. The van der Waals surface area contributed by atoms with Gasteiger partial charge in [0.15, 0.2) is 6.10 Å². The number of esters is 1. The van der Waals surface area contributed by atoms with Crippen molar-refractivity contribution in [1.29, 1.82) is 0 Å². The Morgan fingerprint density at radius 3 is 2.64 bits per heavy atom. The summed E-state index contributed by atoms with van der Waals surface area (Å²) in [5.41, 5.74) is 1.12. The number of carbonyl (C=O) groups excluding carboxylic acids is 1. The van der Waals surface area contributed by atoms with E-state index in [4.69, 9.17) is 9.47 Å². The number of halogens is 2. The zero-order valence-electron chi connectivity index (χ0n) is 12.6. The molecule has 2 aromatic rings. The summed E-state index contributed by atoms with van der Waals surface area (Å²) in [6.45, 7) is 4.06. The van der Waals surface area contributed by atoms with Crippen molar-refractivity contribution in [2.24, 2.45) is 0 Å². The summed E-state index contributed by atoms with van der Waals surface area (Å²) in [5.74, 6) is 0.380. The molecule has 0 saturated heterocycles. The lowest BCUT2D eigenvalue weighted by atomic mass is 10.0. The van der Waals surface area contributed by atoms with Gasteiger partial charge in [0.2, 0.25) is 0 Å². The van der Waals surface area contributed by atoms with Crippen molar-refractivity contribution in [2.45, 2.75) is 31.7 Å². The minimum absolute atomic E-state index is 0.322. The van der Waals surface area contributed by atoms with E-state index in [1.165, 1.54) is 0 Å². The third-order valence-corrected chi connectivity index (χ3v) is 4.66. The first-order valence-electron chi connectivity index (χ1n) is 7.21. The van der Waals surface area contributed by atoms with Crippen molar-refractivity contribution < 1.29 is 14.3 Å². The van der Waals surface area contributed by atoms with E-state index in [9.17, 15) is 4.79 Å². The Balaban J connectivity index is 2.47. The van der Waals surface area contributed by atoms with Gasteiger partial charge >= 0.3 is 5.97 Å². The van der Waals surface area contributed by atoms with Gasteiger partial charge in [-0.2, -0.15) is 0 Å². The smallest absolute Gasteiger partial charge is 0.347 e. The Morgan fingerprint density at radius 1 is 1.23 bits per heavy atom. The molecule has 0 amide bonds. The molecule has 0 radical (unpaired) electrons. The quantitative estimate of drug-likeness (QED) is 0.466. The summed E-state index contributed by atoms with van der Waals surface area (Å²) in [7, 11) is 0. The average molecular weight is 430 g/mol. The first kappa shape index (κ1) is 17.3. The molecule has 0 fully saturated rings. The van der Waals surface area contributed by atoms with Crippen molar-refractivity contribution in [3.63, 3.8) is 0 Å². The van der Waals surface area contributed by atoms with Gasteiger partial charge in [-0.05, 0) is 36.4 Å². The van der Waals surface area contributed by atoms with Crippen molar-refractivity contribution in [3.8, 4) is 5.75 Å². The molecule has 0 saturated carbocycles. The summed E-state index contributed by atoms with van der Waals surface area (Å²) in [5, 5.41) is 2.79. The molecule has 0 aliphatic rings. The first-order valence-corrected chi connectivity index (χ1v) is 9.13. The van der Waals surface area contributed by atoms with Gasteiger partial charge in [0.1, 0.15) is 5.75 Å². The van der Waals surface area contributed by atoms with Crippen molar-refractivity contribution in [3.05, 3.63) is 40.4 Å². The molecule has 0 spiro atoms. The fraction of sp³-hybridized carbons (Fsp3) is 0.353. The van der Waals surface area contributed by atoms with Gasteiger partial charge in [0.05, 0.1) is 6.61 Å². The summed E-state index contributed by atoms with van der Waals surface area (Å²) in [6, 6.07) is 9.91. The number of ether oxygens (including phenoxy) is 2. The minimum atomic E-state index is -0.590. The van der Waals surface area contributed by atoms with Crippen LogP contribution in [0.25, 0.3) is 10.8 Å². The molecule has 5 heteroatoms. The number of hydrogen-bond donors (Lipinski definition) is 0. The van der Waals surface area contributed by atoms with Gasteiger partial charge in [0, 0.05) is 15.2 Å². The van der Waals surface area contributed by atoms with Crippen LogP contribution in [0.2, 0.25) is 0 Å². The SMILES string of the molecule is CCOC(=O)C(CC)Oc1ccc(Br)c2cccc(CBr)c12. The van der Waals surface area contributed by atoms with E-state index in [-0.39, 0.29) is 5.97 Å². The summed E-state index contributed by atoms with van der Waals surface area (Å²) < 4.78 is 12.1. The van der Waals surface area contributed by atoms with Gasteiger partial charge in [-0.3, -0.25) is 0 Å². The second-order valence-electron chi connectivity index (χ2n) is 4.79. The molecule has 0 bridgehead atoms. The van der Waals surface area contributed by atoms with Crippen LogP contribution in [0, 0.1) is 0 Å². The third-order valence-electron chi connectivity index (χ3n) is 3.37. The van der Waals surface area contributed by atoms with Crippen LogP contribution < -0.4 is 4.74 Å². The monoisotopic (exact) mass is 428 g/mol. The Labute approximate surface area is 147 Å². The standard InChI is InChI=1S/C17H18Br2O3/c1-3-14(17(20)21-4-2)22-15-9-8-13(19)12-7-5-6-11(10-18)16(12)15/h5-9,14H,3-4,10H2,1-2H3. The molecule has 0 heterocycles. The molecule has 0 aliphatic carbocycles. The van der Waals surface area contributed by atoms with E-state index in [0.717, 1.165) is 20.8 Å². The number of alkyl halides is 1. The van der Waals surface area contributed by atoms with Crippen molar-refractivity contribution in [1.82, 2.24) is 0 Å². The normalized spacial score (nSPS) is 12.2. The van der Waals surface area contributed by atoms with Crippen LogP contribution in [0.4, 0.5) is 0 Å². The highest BCUT2D eigenvalue weighted by atomic mass is 79.9. The summed E-state index contributed by atoms with van der Waals surface area (Å²) in [4.78, 5) is 12.0. The lowest BCUT2D eigenvalue weighted by Crippen LogP contribution is -2.28. The lowest BCUT2D eigenvalue weighted by molar-refractivity contribution is -0.151. The van der Waals surface area contributed by atoms with E-state index < -0.39 is 6.10 Å². The average Bonchev–Trinajstić information content (AvgIpc) is 2.54. The minimum Gasteiger partial charge on any atom is -0.478 e. The van der Waals surface area contributed by atoms with Gasteiger partial charge in [-0.25, -0.2) is 4.79 Å². The molecule has 118 valence electrons. The maximum Gasteiger partial charge on any atom is 0.347 e. The predicted molar refractivity (Wildman–Crippen MR) is 95.6 cm³/mol. The summed E-state index contributed by atoms with van der Waals surface area (Å²) in [6.07, 6.45) is -0.0277. The number of carbonyl (C=O) groups is 1. The predicted octanol–water partition coefficient (Wildman–Crippen LogP) is 5.22. The first-order chi connectivity index (χ1) is 10.6. The van der Waals surface area contributed by atoms with Crippen LogP contribution in [0.5, 0.6) is 5.75 Å². The maximum atomic E-state index is 12.0. The second-order valence-corrected chi connectivity index (χ2v) is 6.20. The molecular weight excluding hydrogens is 412 g/mol. The molecule has 2 rings (SSSR count). The van der Waals surface area contributed by atoms with Crippen LogP contribution in [0.3, 0.4) is 0 Å². The largest absolute Gasteiger partial charge is 0.478 e. The van der Waals surface area contributed by atoms with Gasteiger partial charge in [-0.15, -0.1) is 0 Å². The van der Waals surface area contributed by atoms with Crippen LogP contribution in [-0.2, 0) is 14.9 Å².